The maximum absolute atomic E-state index is 12.5. The van der Waals surface area contributed by atoms with Gasteiger partial charge in [-0.25, -0.2) is 4.79 Å². The Morgan fingerprint density at radius 3 is 2.27 bits per heavy atom. The van der Waals surface area contributed by atoms with Gasteiger partial charge >= 0.3 is 5.97 Å². The summed E-state index contributed by atoms with van der Waals surface area (Å²) in [6.45, 7) is 3.05. The molecule has 212 valence electrons. The van der Waals surface area contributed by atoms with Gasteiger partial charge in [0.2, 0.25) is 0 Å². The Bertz CT molecular complexity index is 1420. The molecule has 3 aromatic rings. The number of methoxy groups -OCH3 is 2. The number of carbonyl (C=O) groups excluding carboxylic acids is 2. The Morgan fingerprint density at radius 2 is 1.56 bits per heavy atom. The molecule has 0 aliphatic heterocycles. The van der Waals surface area contributed by atoms with Gasteiger partial charge in [-0.05, 0) is 59.5 Å². The second-order valence-corrected chi connectivity index (χ2v) is 8.97. The summed E-state index contributed by atoms with van der Waals surface area (Å²) in [6, 6.07) is 21.5. The molecule has 8 nitrogen and oxygen atoms in total. The lowest BCUT2D eigenvalue weighted by Gasteiger charge is -2.11. The number of benzene rings is 3. The normalized spacial score (nSPS) is 11.0. The molecule has 0 spiro atoms. The van der Waals surface area contributed by atoms with Crippen LogP contribution < -0.4 is 24.3 Å². The zero-order chi connectivity index (χ0) is 29.5. The van der Waals surface area contributed by atoms with Crippen molar-refractivity contribution in [1.82, 2.24) is 5.32 Å². The van der Waals surface area contributed by atoms with Crippen LogP contribution in [-0.4, -0.2) is 32.7 Å². The van der Waals surface area contributed by atoms with E-state index in [9.17, 15) is 14.9 Å². The summed E-state index contributed by atoms with van der Waals surface area (Å²) in [5.41, 5.74) is 2.13. The number of ether oxygens (including phenoxy) is 4. The SMILES string of the molecule is CCCCCOc1ccc(/C=C/C(=O)Oc2ccc(/C=C(\C#N)C(=O)NCc3ccccc3)cc2OC)cc1OC. The highest BCUT2D eigenvalue weighted by atomic mass is 16.6. The van der Waals surface area contributed by atoms with E-state index in [1.54, 1.807) is 37.5 Å². The number of esters is 1. The molecule has 0 radical (unpaired) electrons. The molecule has 41 heavy (non-hydrogen) atoms. The van der Waals surface area contributed by atoms with Crippen LogP contribution in [0.3, 0.4) is 0 Å². The van der Waals surface area contributed by atoms with Crippen molar-refractivity contribution >= 4 is 24.0 Å². The van der Waals surface area contributed by atoms with Gasteiger partial charge in [0.25, 0.3) is 5.91 Å². The molecule has 0 aliphatic rings. The average molecular weight is 555 g/mol. The molecular weight excluding hydrogens is 520 g/mol. The fraction of sp³-hybridized carbons (Fsp3) is 0.242. The first-order chi connectivity index (χ1) is 20.0. The number of carbonyl (C=O) groups is 2. The van der Waals surface area contributed by atoms with Crippen LogP contribution in [-0.2, 0) is 16.1 Å². The van der Waals surface area contributed by atoms with Gasteiger partial charge in [-0.2, -0.15) is 5.26 Å². The van der Waals surface area contributed by atoms with Gasteiger partial charge in [0, 0.05) is 12.6 Å². The first kappa shape index (κ1) is 30.5. The molecule has 0 atom stereocenters. The number of unbranched alkanes of at least 4 members (excludes halogenated alkanes) is 2. The average Bonchev–Trinajstić information content (AvgIpc) is 3.01. The maximum Gasteiger partial charge on any atom is 0.336 e. The quantitative estimate of drug-likeness (QED) is 0.0842. The molecule has 1 N–H and O–H groups in total. The number of hydrogen-bond acceptors (Lipinski definition) is 7. The fourth-order valence-electron chi connectivity index (χ4n) is 3.79. The molecule has 3 aromatic carbocycles. The third kappa shape index (κ3) is 9.59. The standard InChI is InChI=1S/C33H34N2O6/c1-4-5-9-18-40-28-15-12-24(20-30(28)38-2)14-17-32(36)41-29-16-13-26(21-31(29)39-3)19-27(22-34)33(37)35-23-25-10-7-6-8-11-25/h6-8,10-17,19-21H,4-5,9,18,23H2,1-3H3,(H,35,37)/b17-14+,27-19+. The molecule has 0 aliphatic carbocycles. The van der Waals surface area contributed by atoms with Gasteiger partial charge in [0.05, 0.1) is 20.8 Å². The van der Waals surface area contributed by atoms with Crippen LogP contribution in [0, 0.1) is 11.3 Å². The molecule has 0 saturated carbocycles. The van der Waals surface area contributed by atoms with Gasteiger partial charge in [-0.1, -0.05) is 62.2 Å². The van der Waals surface area contributed by atoms with Crippen molar-refractivity contribution < 1.29 is 28.5 Å². The van der Waals surface area contributed by atoms with Crippen LogP contribution in [0.1, 0.15) is 42.9 Å². The molecule has 0 aromatic heterocycles. The van der Waals surface area contributed by atoms with Crippen LogP contribution >= 0.6 is 0 Å². The molecular formula is C33H34N2O6. The van der Waals surface area contributed by atoms with Crippen LogP contribution in [0.4, 0.5) is 0 Å². The maximum atomic E-state index is 12.5. The number of rotatable bonds is 14. The van der Waals surface area contributed by atoms with Crippen LogP contribution in [0.2, 0.25) is 0 Å². The Kier molecular flexibility index (Phi) is 12.0. The lowest BCUT2D eigenvalue weighted by Crippen LogP contribution is -2.23. The Labute approximate surface area is 240 Å². The molecule has 0 unspecified atom stereocenters. The van der Waals surface area contributed by atoms with Gasteiger partial charge in [0.1, 0.15) is 11.6 Å². The molecule has 0 heterocycles. The highest BCUT2D eigenvalue weighted by molar-refractivity contribution is 6.01. The third-order valence-electron chi connectivity index (χ3n) is 5.98. The van der Waals surface area contributed by atoms with Crippen molar-refractivity contribution in [3.63, 3.8) is 0 Å². The minimum absolute atomic E-state index is 0.0662. The largest absolute Gasteiger partial charge is 0.493 e. The molecule has 0 saturated heterocycles. The number of nitrogens with zero attached hydrogens (tertiary/aromatic N) is 1. The summed E-state index contributed by atoms with van der Waals surface area (Å²) in [6.07, 6.45) is 7.54. The summed E-state index contributed by atoms with van der Waals surface area (Å²) < 4.78 is 22.1. The first-order valence-electron chi connectivity index (χ1n) is 13.3. The highest BCUT2D eigenvalue weighted by Crippen LogP contribution is 2.30. The van der Waals surface area contributed by atoms with Gasteiger partial charge in [-0.3, -0.25) is 4.79 Å². The predicted molar refractivity (Wildman–Crippen MR) is 158 cm³/mol. The Hall–Kier alpha value is -5.03. The topological polar surface area (TPSA) is 107 Å². The van der Waals surface area contributed by atoms with Gasteiger partial charge in [0.15, 0.2) is 23.0 Å². The monoisotopic (exact) mass is 554 g/mol. The summed E-state index contributed by atoms with van der Waals surface area (Å²) in [7, 11) is 3.00. The van der Waals surface area contributed by atoms with Crippen LogP contribution in [0.25, 0.3) is 12.2 Å². The summed E-state index contributed by atoms with van der Waals surface area (Å²) in [4.78, 5) is 25.0. The van der Waals surface area contributed by atoms with E-state index < -0.39 is 11.9 Å². The number of hydrogen-bond donors (Lipinski definition) is 1. The van der Waals surface area contributed by atoms with E-state index in [-0.39, 0.29) is 17.1 Å². The van der Waals surface area contributed by atoms with Gasteiger partial charge < -0.3 is 24.3 Å². The Morgan fingerprint density at radius 1 is 0.878 bits per heavy atom. The lowest BCUT2D eigenvalue weighted by molar-refractivity contribution is -0.129. The van der Waals surface area contributed by atoms with E-state index in [4.69, 9.17) is 18.9 Å². The highest BCUT2D eigenvalue weighted by Gasteiger charge is 2.12. The Balaban J connectivity index is 1.64. The molecule has 1 amide bonds. The zero-order valence-corrected chi connectivity index (χ0v) is 23.5. The van der Waals surface area contributed by atoms with Crippen molar-refractivity contribution in [2.75, 3.05) is 20.8 Å². The number of amides is 1. The fourth-order valence-corrected chi connectivity index (χ4v) is 3.79. The summed E-state index contributed by atoms with van der Waals surface area (Å²) in [5, 5.41) is 12.2. The van der Waals surface area contributed by atoms with E-state index in [0.29, 0.717) is 30.2 Å². The van der Waals surface area contributed by atoms with E-state index in [1.165, 1.54) is 19.3 Å². The third-order valence-corrected chi connectivity index (χ3v) is 5.98. The molecule has 8 heteroatoms. The molecule has 3 rings (SSSR count). The minimum atomic E-state index is -0.608. The minimum Gasteiger partial charge on any atom is -0.493 e. The lowest BCUT2D eigenvalue weighted by atomic mass is 10.1. The van der Waals surface area contributed by atoms with E-state index in [0.717, 1.165) is 30.4 Å². The summed E-state index contributed by atoms with van der Waals surface area (Å²) >= 11 is 0. The first-order valence-corrected chi connectivity index (χ1v) is 13.3. The predicted octanol–water partition coefficient (Wildman–Crippen LogP) is 6.11. The van der Waals surface area contributed by atoms with Crippen molar-refractivity contribution in [2.45, 2.75) is 32.7 Å². The zero-order valence-electron chi connectivity index (χ0n) is 23.5. The van der Waals surface area contributed by atoms with Crippen LogP contribution in [0.5, 0.6) is 23.0 Å². The van der Waals surface area contributed by atoms with Crippen molar-refractivity contribution in [3.05, 3.63) is 95.1 Å². The molecule has 0 bridgehead atoms. The van der Waals surface area contributed by atoms with E-state index in [1.807, 2.05) is 48.5 Å². The van der Waals surface area contributed by atoms with E-state index in [2.05, 4.69) is 12.2 Å². The second-order valence-electron chi connectivity index (χ2n) is 8.97. The van der Waals surface area contributed by atoms with Crippen LogP contribution in [0.15, 0.2) is 78.4 Å². The smallest absolute Gasteiger partial charge is 0.336 e. The van der Waals surface area contributed by atoms with E-state index >= 15 is 0 Å². The molecule has 0 fully saturated rings. The van der Waals surface area contributed by atoms with Crippen molar-refractivity contribution in [2.24, 2.45) is 0 Å². The number of nitriles is 1. The van der Waals surface area contributed by atoms with Crippen molar-refractivity contribution in [3.8, 4) is 29.1 Å². The van der Waals surface area contributed by atoms with Crippen molar-refractivity contribution in [1.29, 1.82) is 5.26 Å². The summed E-state index contributed by atoms with van der Waals surface area (Å²) in [5.74, 6) is 0.587. The number of nitrogens with one attached hydrogen (secondary N) is 1. The second kappa shape index (κ2) is 16.2. The van der Waals surface area contributed by atoms with Gasteiger partial charge in [-0.15, -0.1) is 0 Å².